The third-order valence-corrected chi connectivity index (χ3v) is 2.89. The van der Waals surface area contributed by atoms with Crippen molar-refractivity contribution in [3.8, 4) is 6.07 Å². The Kier molecular flexibility index (Phi) is 4.00. The van der Waals surface area contributed by atoms with Crippen molar-refractivity contribution in [2.45, 2.75) is 0 Å². The van der Waals surface area contributed by atoms with Crippen molar-refractivity contribution in [2.24, 2.45) is 0 Å². The van der Waals surface area contributed by atoms with Crippen molar-refractivity contribution < 1.29 is 4.79 Å². The van der Waals surface area contributed by atoms with Crippen molar-refractivity contribution in [3.63, 3.8) is 0 Å². The van der Waals surface area contributed by atoms with Gasteiger partial charge in [0.1, 0.15) is 5.15 Å². The average molecular weight is 292 g/mol. The maximum Gasteiger partial charge on any atom is 0.257 e. The summed E-state index contributed by atoms with van der Waals surface area (Å²) in [6, 6.07) is 9.67. The van der Waals surface area contributed by atoms with Gasteiger partial charge in [-0.05, 0) is 30.3 Å². The van der Waals surface area contributed by atoms with Crippen molar-refractivity contribution in [2.75, 3.05) is 5.32 Å². The van der Waals surface area contributed by atoms with E-state index >= 15 is 0 Å². The van der Waals surface area contributed by atoms with Gasteiger partial charge in [0.25, 0.3) is 5.91 Å². The van der Waals surface area contributed by atoms with E-state index in [2.05, 4.69) is 10.3 Å². The van der Waals surface area contributed by atoms with Crippen LogP contribution < -0.4 is 5.32 Å². The molecule has 0 radical (unpaired) electrons. The standard InChI is InChI=1S/C13H7Cl2N3O/c14-10-3-1-8(6-16)5-11(10)18-13(19)9-2-4-12(15)17-7-9/h1-5,7H,(H,18,19). The van der Waals surface area contributed by atoms with E-state index in [4.69, 9.17) is 28.5 Å². The summed E-state index contributed by atoms with van der Waals surface area (Å²) in [5.41, 5.74) is 1.14. The number of carbonyl (C=O) groups excluding carboxylic acids is 1. The molecular formula is C13H7Cl2N3O. The van der Waals surface area contributed by atoms with Crippen LogP contribution in [-0.4, -0.2) is 10.9 Å². The predicted octanol–water partition coefficient (Wildman–Crippen LogP) is 3.51. The molecule has 4 nitrogen and oxygen atoms in total. The number of hydrogen-bond acceptors (Lipinski definition) is 3. The van der Waals surface area contributed by atoms with Gasteiger partial charge in [0, 0.05) is 6.20 Å². The van der Waals surface area contributed by atoms with E-state index in [9.17, 15) is 4.79 Å². The highest BCUT2D eigenvalue weighted by Gasteiger charge is 2.09. The van der Waals surface area contributed by atoms with Crippen molar-refractivity contribution in [3.05, 3.63) is 57.8 Å². The van der Waals surface area contributed by atoms with Gasteiger partial charge in [-0.25, -0.2) is 4.98 Å². The van der Waals surface area contributed by atoms with E-state index in [1.807, 2.05) is 6.07 Å². The first-order chi connectivity index (χ1) is 9.10. The number of hydrogen-bond donors (Lipinski definition) is 1. The van der Waals surface area contributed by atoms with Crippen LogP contribution in [0.5, 0.6) is 0 Å². The van der Waals surface area contributed by atoms with Crippen LogP contribution in [0, 0.1) is 11.3 Å². The summed E-state index contributed by atoms with van der Waals surface area (Å²) in [5, 5.41) is 12.1. The third-order valence-electron chi connectivity index (χ3n) is 2.33. The predicted molar refractivity (Wildman–Crippen MR) is 73.4 cm³/mol. The molecule has 0 saturated carbocycles. The molecule has 1 amide bonds. The molecule has 1 aromatic carbocycles. The number of rotatable bonds is 2. The minimum atomic E-state index is -0.374. The summed E-state index contributed by atoms with van der Waals surface area (Å²) >= 11 is 11.6. The molecule has 0 spiro atoms. The minimum absolute atomic E-state index is 0.307. The summed E-state index contributed by atoms with van der Waals surface area (Å²) in [6.07, 6.45) is 1.36. The molecule has 0 atom stereocenters. The Morgan fingerprint density at radius 1 is 1.26 bits per heavy atom. The third kappa shape index (κ3) is 3.22. The van der Waals surface area contributed by atoms with Gasteiger partial charge in [0.2, 0.25) is 0 Å². The van der Waals surface area contributed by atoms with Crippen LogP contribution in [0.4, 0.5) is 5.69 Å². The highest BCUT2D eigenvalue weighted by Crippen LogP contribution is 2.23. The molecule has 0 aliphatic carbocycles. The second-order valence-electron chi connectivity index (χ2n) is 3.63. The lowest BCUT2D eigenvalue weighted by molar-refractivity contribution is 0.102. The Bertz CT molecular complexity index is 663. The largest absolute Gasteiger partial charge is 0.321 e. The van der Waals surface area contributed by atoms with E-state index in [-0.39, 0.29) is 5.91 Å². The zero-order valence-corrected chi connectivity index (χ0v) is 11.0. The first kappa shape index (κ1) is 13.3. The van der Waals surface area contributed by atoms with E-state index in [0.29, 0.717) is 27.0 Å². The Morgan fingerprint density at radius 2 is 2.05 bits per heavy atom. The second kappa shape index (κ2) is 5.70. The Hall–Kier alpha value is -2.09. The van der Waals surface area contributed by atoms with E-state index in [1.165, 1.54) is 18.3 Å². The molecule has 19 heavy (non-hydrogen) atoms. The molecule has 0 fully saturated rings. The fraction of sp³-hybridized carbons (Fsp3) is 0. The SMILES string of the molecule is N#Cc1ccc(Cl)c(NC(=O)c2ccc(Cl)nc2)c1. The van der Waals surface area contributed by atoms with Crippen LogP contribution in [0.25, 0.3) is 0 Å². The zero-order valence-electron chi connectivity index (χ0n) is 9.52. The number of halogens is 2. The van der Waals surface area contributed by atoms with E-state index < -0.39 is 0 Å². The lowest BCUT2D eigenvalue weighted by atomic mass is 10.2. The highest BCUT2D eigenvalue weighted by molar-refractivity contribution is 6.34. The maximum absolute atomic E-state index is 11.9. The molecule has 2 rings (SSSR count). The average Bonchev–Trinajstić information content (AvgIpc) is 2.42. The van der Waals surface area contributed by atoms with Gasteiger partial charge >= 0.3 is 0 Å². The van der Waals surface area contributed by atoms with E-state index in [1.54, 1.807) is 18.2 Å². The molecule has 0 bridgehead atoms. The monoisotopic (exact) mass is 291 g/mol. The van der Waals surface area contributed by atoms with Crippen LogP contribution >= 0.6 is 23.2 Å². The Balaban J connectivity index is 2.24. The molecule has 1 heterocycles. The molecule has 1 N–H and O–H groups in total. The molecule has 6 heteroatoms. The van der Waals surface area contributed by atoms with Gasteiger partial charge in [-0.2, -0.15) is 5.26 Å². The summed E-state index contributed by atoms with van der Waals surface area (Å²) in [6.45, 7) is 0. The number of anilines is 1. The Labute approximate surface area is 119 Å². The molecule has 94 valence electrons. The summed E-state index contributed by atoms with van der Waals surface area (Å²) < 4.78 is 0. The van der Waals surface area contributed by atoms with Crippen LogP contribution in [0.3, 0.4) is 0 Å². The van der Waals surface area contributed by atoms with Crippen molar-refractivity contribution >= 4 is 34.8 Å². The van der Waals surface area contributed by atoms with E-state index in [0.717, 1.165) is 0 Å². The number of nitriles is 1. The molecule has 1 aromatic heterocycles. The van der Waals surface area contributed by atoms with Crippen LogP contribution in [0.15, 0.2) is 36.5 Å². The normalized spacial score (nSPS) is 9.74. The van der Waals surface area contributed by atoms with Gasteiger partial charge in [-0.1, -0.05) is 23.2 Å². The summed E-state index contributed by atoms with van der Waals surface area (Å²) in [5.74, 6) is -0.374. The lowest BCUT2D eigenvalue weighted by Gasteiger charge is -2.07. The molecule has 0 aliphatic heterocycles. The van der Waals surface area contributed by atoms with Gasteiger partial charge < -0.3 is 5.32 Å². The van der Waals surface area contributed by atoms with Gasteiger partial charge in [-0.15, -0.1) is 0 Å². The minimum Gasteiger partial charge on any atom is -0.321 e. The fourth-order valence-corrected chi connectivity index (χ4v) is 1.67. The number of amides is 1. The Morgan fingerprint density at radius 3 is 2.68 bits per heavy atom. The molecule has 0 aliphatic rings. The molecule has 2 aromatic rings. The summed E-state index contributed by atoms with van der Waals surface area (Å²) in [7, 11) is 0. The van der Waals surface area contributed by atoms with Crippen molar-refractivity contribution in [1.82, 2.24) is 4.98 Å². The quantitative estimate of drug-likeness (QED) is 0.861. The second-order valence-corrected chi connectivity index (χ2v) is 4.42. The first-order valence-electron chi connectivity index (χ1n) is 5.22. The molecule has 0 saturated heterocycles. The number of aromatic nitrogens is 1. The smallest absolute Gasteiger partial charge is 0.257 e. The number of pyridine rings is 1. The number of nitrogens with one attached hydrogen (secondary N) is 1. The topological polar surface area (TPSA) is 65.8 Å². The van der Waals surface area contributed by atoms with Crippen LogP contribution in [0.1, 0.15) is 15.9 Å². The molecule has 0 unspecified atom stereocenters. The van der Waals surface area contributed by atoms with Gasteiger partial charge in [-0.3, -0.25) is 4.79 Å². The van der Waals surface area contributed by atoms with Crippen molar-refractivity contribution in [1.29, 1.82) is 5.26 Å². The fourth-order valence-electron chi connectivity index (χ4n) is 1.40. The summed E-state index contributed by atoms with van der Waals surface area (Å²) in [4.78, 5) is 15.8. The number of carbonyl (C=O) groups is 1. The highest BCUT2D eigenvalue weighted by atomic mass is 35.5. The first-order valence-corrected chi connectivity index (χ1v) is 5.98. The lowest BCUT2D eigenvalue weighted by Crippen LogP contribution is -2.12. The van der Waals surface area contributed by atoms with Crippen LogP contribution in [0.2, 0.25) is 10.2 Å². The maximum atomic E-state index is 11.9. The molecular weight excluding hydrogens is 285 g/mol. The zero-order chi connectivity index (χ0) is 13.8. The van der Waals surface area contributed by atoms with Gasteiger partial charge in [0.05, 0.1) is 27.9 Å². The number of benzene rings is 1. The van der Waals surface area contributed by atoms with Crippen LogP contribution in [-0.2, 0) is 0 Å². The van der Waals surface area contributed by atoms with Gasteiger partial charge in [0.15, 0.2) is 0 Å². The number of nitrogens with zero attached hydrogens (tertiary/aromatic N) is 2.